The lowest BCUT2D eigenvalue weighted by atomic mass is 9.84. The zero-order valence-corrected chi connectivity index (χ0v) is 9.87. The molecule has 2 heteroatoms. The molecule has 1 aliphatic carbocycles. The van der Waals surface area contributed by atoms with Gasteiger partial charge in [0.1, 0.15) is 0 Å². The SMILES string of the molecule is C[C@@H](CCC(=O)O)CCC1CCCCC1. The van der Waals surface area contributed by atoms with E-state index >= 15 is 0 Å². The van der Waals surface area contributed by atoms with Gasteiger partial charge in [-0.15, -0.1) is 0 Å². The maximum Gasteiger partial charge on any atom is 0.303 e. The van der Waals surface area contributed by atoms with Crippen molar-refractivity contribution >= 4 is 5.97 Å². The van der Waals surface area contributed by atoms with Gasteiger partial charge in [-0.05, 0) is 18.3 Å². The third-order valence-electron chi connectivity index (χ3n) is 3.64. The summed E-state index contributed by atoms with van der Waals surface area (Å²) >= 11 is 0. The summed E-state index contributed by atoms with van der Waals surface area (Å²) in [5.74, 6) is 0.869. The lowest BCUT2D eigenvalue weighted by molar-refractivity contribution is -0.137. The van der Waals surface area contributed by atoms with Crippen LogP contribution < -0.4 is 0 Å². The van der Waals surface area contributed by atoms with Crippen LogP contribution in [-0.4, -0.2) is 11.1 Å². The molecule has 1 atom stereocenters. The zero-order chi connectivity index (χ0) is 11.1. The summed E-state index contributed by atoms with van der Waals surface area (Å²) in [6.45, 7) is 2.19. The highest BCUT2D eigenvalue weighted by atomic mass is 16.4. The van der Waals surface area contributed by atoms with Crippen LogP contribution >= 0.6 is 0 Å². The van der Waals surface area contributed by atoms with Crippen molar-refractivity contribution < 1.29 is 9.90 Å². The summed E-state index contributed by atoms with van der Waals surface area (Å²) in [5.41, 5.74) is 0. The second-order valence-corrected chi connectivity index (χ2v) is 5.12. The molecule has 2 nitrogen and oxygen atoms in total. The topological polar surface area (TPSA) is 37.3 Å². The van der Waals surface area contributed by atoms with E-state index in [4.69, 9.17) is 5.11 Å². The van der Waals surface area contributed by atoms with Crippen LogP contribution in [0.25, 0.3) is 0 Å². The molecule has 0 saturated heterocycles. The van der Waals surface area contributed by atoms with E-state index in [9.17, 15) is 4.79 Å². The molecule has 0 bridgehead atoms. The zero-order valence-electron chi connectivity index (χ0n) is 9.87. The Morgan fingerprint density at radius 2 is 1.93 bits per heavy atom. The Hall–Kier alpha value is -0.530. The fourth-order valence-electron chi connectivity index (χ4n) is 2.51. The predicted octanol–water partition coefficient (Wildman–Crippen LogP) is 3.85. The second kappa shape index (κ2) is 6.86. The van der Waals surface area contributed by atoms with Crippen LogP contribution in [0.15, 0.2) is 0 Å². The predicted molar refractivity (Wildman–Crippen MR) is 61.8 cm³/mol. The summed E-state index contributed by atoms with van der Waals surface area (Å²) < 4.78 is 0. The highest BCUT2D eigenvalue weighted by molar-refractivity contribution is 5.66. The van der Waals surface area contributed by atoms with Crippen LogP contribution in [0.3, 0.4) is 0 Å². The minimum Gasteiger partial charge on any atom is -0.481 e. The van der Waals surface area contributed by atoms with Crippen LogP contribution in [0.2, 0.25) is 0 Å². The van der Waals surface area contributed by atoms with Gasteiger partial charge in [-0.2, -0.15) is 0 Å². The van der Waals surface area contributed by atoms with Gasteiger partial charge in [0, 0.05) is 6.42 Å². The summed E-state index contributed by atoms with van der Waals surface area (Å²) in [7, 11) is 0. The van der Waals surface area contributed by atoms with Crippen molar-refractivity contribution in [2.24, 2.45) is 11.8 Å². The Labute approximate surface area is 93.1 Å². The quantitative estimate of drug-likeness (QED) is 0.726. The van der Waals surface area contributed by atoms with E-state index in [1.807, 2.05) is 0 Å². The van der Waals surface area contributed by atoms with Crippen LogP contribution in [-0.2, 0) is 4.79 Å². The fourth-order valence-corrected chi connectivity index (χ4v) is 2.51. The van der Waals surface area contributed by atoms with Crippen LogP contribution in [0, 0.1) is 11.8 Å². The highest BCUT2D eigenvalue weighted by Crippen LogP contribution is 2.29. The van der Waals surface area contributed by atoms with E-state index in [1.165, 1.54) is 44.9 Å². The molecule has 0 aromatic heterocycles. The first-order valence-electron chi connectivity index (χ1n) is 6.40. The van der Waals surface area contributed by atoms with Crippen molar-refractivity contribution in [1.29, 1.82) is 0 Å². The molecule has 15 heavy (non-hydrogen) atoms. The maximum atomic E-state index is 10.4. The molecule has 1 N–H and O–H groups in total. The molecular weight excluding hydrogens is 188 g/mol. The van der Waals surface area contributed by atoms with Gasteiger partial charge in [0.05, 0.1) is 0 Å². The molecule has 0 aliphatic heterocycles. The van der Waals surface area contributed by atoms with Crippen molar-refractivity contribution in [2.75, 3.05) is 0 Å². The molecule has 88 valence electrons. The van der Waals surface area contributed by atoms with Crippen molar-refractivity contribution in [2.45, 2.75) is 64.7 Å². The van der Waals surface area contributed by atoms with E-state index in [0.717, 1.165) is 12.3 Å². The fraction of sp³-hybridized carbons (Fsp3) is 0.923. The summed E-state index contributed by atoms with van der Waals surface area (Å²) in [4.78, 5) is 10.4. The Morgan fingerprint density at radius 1 is 1.27 bits per heavy atom. The van der Waals surface area contributed by atoms with Gasteiger partial charge in [-0.3, -0.25) is 4.79 Å². The van der Waals surface area contributed by atoms with Gasteiger partial charge in [-0.25, -0.2) is 0 Å². The van der Waals surface area contributed by atoms with Crippen molar-refractivity contribution in [3.63, 3.8) is 0 Å². The molecule has 0 unspecified atom stereocenters. The number of aliphatic carboxylic acids is 1. The Morgan fingerprint density at radius 3 is 2.53 bits per heavy atom. The molecule has 1 aliphatic rings. The van der Waals surface area contributed by atoms with Gasteiger partial charge in [0.2, 0.25) is 0 Å². The molecule has 0 radical (unpaired) electrons. The molecule has 0 heterocycles. The van der Waals surface area contributed by atoms with Crippen molar-refractivity contribution in [1.82, 2.24) is 0 Å². The minimum atomic E-state index is -0.653. The van der Waals surface area contributed by atoms with Crippen LogP contribution in [0.5, 0.6) is 0 Å². The molecule has 1 fully saturated rings. The molecule has 1 rings (SSSR count). The minimum absolute atomic E-state index is 0.339. The van der Waals surface area contributed by atoms with E-state index in [1.54, 1.807) is 0 Å². The normalized spacial score (nSPS) is 20.1. The lowest BCUT2D eigenvalue weighted by Gasteiger charge is -2.22. The third kappa shape index (κ3) is 5.81. The van der Waals surface area contributed by atoms with Gasteiger partial charge in [0.25, 0.3) is 0 Å². The molecular formula is C13H24O2. The summed E-state index contributed by atoms with van der Waals surface area (Å²) in [6, 6.07) is 0. The average Bonchev–Trinajstić information content (AvgIpc) is 2.25. The van der Waals surface area contributed by atoms with Gasteiger partial charge in [-0.1, -0.05) is 51.9 Å². The Bertz CT molecular complexity index is 183. The van der Waals surface area contributed by atoms with E-state index in [-0.39, 0.29) is 0 Å². The Kier molecular flexibility index (Phi) is 5.74. The molecule has 0 aromatic carbocycles. The number of carboxylic acids is 1. The van der Waals surface area contributed by atoms with Gasteiger partial charge in [0.15, 0.2) is 0 Å². The highest BCUT2D eigenvalue weighted by Gasteiger charge is 2.14. The first-order valence-corrected chi connectivity index (χ1v) is 6.40. The summed E-state index contributed by atoms with van der Waals surface area (Å²) in [5, 5.41) is 8.58. The average molecular weight is 212 g/mol. The summed E-state index contributed by atoms with van der Waals surface area (Å²) in [6.07, 6.45) is 10.8. The van der Waals surface area contributed by atoms with Crippen molar-refractivity contribution in [3.05, 3.63) is 0 Å². The second-order valence-electron chi connectivity index (χ2n) is 5.12. The smallest absolute Gasteiger partial charge is 0.303 e. The molecule has 0 aromatic rings. The number of carboxylic acid groups (broad SMARTS) is 1. The first kappa shape index (κ1) is 12.5. The van der Waals surface area contributed by atoms with Crippen molar-refractivity contribution in [3.8, 4) is 0 Å². The van der Waals surface area contributed by atoms with E-state index < -0.39 is 5.97 Å². The Balaban J connectivity index is 2.04. The number of carbonyl (C=O) groups is 1. The first-order chi connectivity index (χ1) is 7.18. The van der Waals surface area contributed by atoms with Crippen LogP contribution in [0.1, 0.15) is 64.7 Å². The largest absolute Gasteiger partial charge is 0.481 e. The standard InChI is InChI=1S/C13H24O2/c1-11(8-10-13(14)15)7-9-12-5-3-2-4-6-12/h11-12H,2-10H2,1H3,(H,14,15)/t11-/m1/s1. The molecule has 0 amide bonds. The number of hydrogen-bond acceptors (Lipinski definition) is 1. The van der Waals surface area contributed by atoms with E-state index in [0.29, 0.717) is 12.3 Å². The maximum absolute atomic E-state index is 10.4. The number of rotatable bonds is 6. The van der Waals surface area contributed by atoms with E-state index in [2.05, 4.69) is 6.92 Å². The van der Waals surface area contributed by atoms with Crippen LogP contribution in [0.4, 0.5) is 0 Å². The van der Waals surface area contributed by atoms with Gasteiger partial charge >= 0.3 is 5.97 Å². The molecule has 1 saturated carbocycles. The van der Waals surface area contributed by atoms with Gasteiger partial charge < -0.3 is 5.11 Å². The lowest BCUT2D eigenvalue weighted by Crippen LogP contribution is -2.08. The molecule has 0 spiro atoms. The monoisotopic (exact) mass is 212 g/mol. The third-order valence-corrected chi connectivity index (χ3v) is 3.64. The number of hydrogen-bond donors (Lipinski definition) is 1.